The molecule has 0 spiro atoms. The van der Waals surface area contributed by atoms with E-state index in [1.54, 1.807) is 24.5 Å². The number of anilines is 2. The summed E-state index contributed by atoms with van der Waals surface area (Å²) in [4.78, 5) is 5.81. The number of hydrogen-bond donors (Lipinski definition) is 2. The first-order valence-electron chi connectivity index (χ1n) is 18.7. The Bertz CT molecular complexity index is 1940. The van der Waals surface area contributed by atoms with Gasteiger partial charge in [0.05, 0.1) is 28.7 Å². The monoisotopic (exact) mass is 960 g/mol. The Morgan fingerprint density at radius 2 is 1.53 bits per heavy atom. The molecule has 1 radical (unpaired) electrons. The van der Waals surface area contributed by atoms with Crippen molar-refractivity contribution >= 4 is 61.9 Å². The maximum Gasteiger partial charge on any atom is 2.00 e. The number of aromatic nitrogens is 6. The minimum absolute atomic E-state index is 0. The van der Waals surface area contributed by atoms with Gasteiger partial charge in [0.15, 0.2) is 0 Å². The van der Waals surface area contributed by atoms with Crippen LogP contribution in [0.15, 0.2) is 55.4 Å². The number of H-pyrrole nitrogens is 1. The average molecular weight is 962 g/mol. The molecule has 0 fully saturated rings. The van der Waals surface area contributed by atoms with Crippen molar-refractivity contribution in [3.63, 3.8) is 0 Å². The zero-order valence-electron chi connectivity index (χ0n) is 35.1. The van der Waals surface area contributed by atoms with E-state index in [1.165, 1.54) is 57.3 Å². The van der Waals surface area contributed by atoms with Gasteiger partial charge in [0, 0.05) is 26.7 Å². The number of azo groups is 2. The second-order valence-electron chi connectivity index (χ2n) is 12.0. The molecule has 3 N–H and O–H groups in total. The van der Waals surface area contributed by atoms with Gasteiger partial charge in [0.2, 0.25) is 0 Å². The van der Waals surface area contributed by atoms with Crippen molar-refractivity contribution in [2.75, 3.05) is 31.3 Å². The van der Waals surface area contributed by atoms with Gasteiger partial charge in [-0.3, -0.25) is 4.57 Å². The number of hydrogen-bond acceptors (Lipinski definition) is 14. The number of alkyl halides is 2. The van der Waals surface area contributed by atoms with Crippen molar-refractivity contribution < 1.29 is 59.9 Å². The van der Waals surface area contributed by atoms with Crippen LogP contribution in [0.4, 0.5) is 53.6 Å². The van der Waals surface area contributed by atoms with E-state index in [1.807, 2.05) is 52.8 Å². The number of nitrogens with one attached hydrogen (secondary N) is 1. The number of benzene rings is 2. The van der Waals surface area contributed by atoms with Crippen molar-refractivity contribution in [3.8, 4) is 5.75 Å². The molecule has 0 aliphatic carbocycles. The number of ether oxygens (including phenoxy) is 1. The molecule has 4 rings (SSSR count). The molecule has 0 aliphatic heterocycles. The smallest absolute Gasteiger partial charge is 0.492 e. The Morgan fingerprint density at radius 1 is 0.915 bits per heavy atom. The zero-order chi connectivity index (χ0) is 43.0. The van der Waals surface area contributed by atoms with E-state index in [0.717, 1.165) is 17.3 Å². The van der Waals surface area contributed by atoms with E-state index >= 15 is 0 Å². The molecule has 16 nitrogen and oxygen atoms in total. The van der Waals surface area contributed by atoms with Crippen molar-refractivity contribution in [2.24, 2.45) is 24.8 Å². The van der Waals surface area contributed by atoms with Gasteiger partial charge in [-0.15, -0.1) is 30.7 Å². The summed E-state index contributed by atoms with van der Waals surface area (Å²) in [6, 6.07) is 6.05. The zero-order valence-corrected chi connectivity index (χ0v) is 38.7. The topological polar surface area (TPSA) is 199 Å². The molecule has 1 unspecified atom stereocenters. The Balaban J connectivity index is 0. The number of rotatable bonds is 17. The van der Waals surface area contributed by atoms with Crippen LogP contribution in [0.25, 0.3) is 0 Å². The maximum absolute atomic E-state index is 12.9. The van der Waals surface area contributed by atoms with Gasteiger partial charge in [0.25, 0.3) is 21.9 Å². The molecule has 0 saturated carbocycles. The van der Waals surface area contributed by atoms with Gasteiger partial charge in [-0.25, -0.2) is 9.31 Å². The van der Waals surface area contributed by atoms with Gasteiger partial charge < -0.3 is 15.4 Å². The van der Waals surface area contributed by atoms with Crippen molar-refractivity contribution in [1.82, 2.24) is 29.9 Å². The van der Waals surface area contributed by atoms with Crippen molar-refractivity contribution in [1.29, 1.82) is 0 Å². The second kappa shape index (κ2) is 31.2. The Hall–Kier alpha value is -3.69. The number of nitrogens with two attached hydrogens (primary N) is 1. The van der Waals surface area contributed by atoms with Crippen molar-refractivity contribution in [2.45, 2.75) is 113 Å². The molecule has 23 heteroatoms. The standard InChI is InChI=1S/C14H18F3N7O3S.C11H13ClN6.C9H20.C2H6.Co.Ni/c1-4-24-8(3)19-21-14(24)22-20-10-7-12(26-5-2)9(18)6-11(10)23-28(25,27-17)13(15)16;1-7-4-10(18(2)3)8(12)5-9(7)15-17-11-13-6-14-16-11;1-3-5-7-9-8-6-4-2;1-2;;/h6-7,13H,4-5,18H2,1-3H3;4-6H,1-3H3,(H,13,14,16);3-9H2,1-2H3;1-2H3;;/q;;;;2*+2. The fraction of sp³-hybridized carbons (Fsp3) is 0.556. The summed E-state index contributed by atoms with van der Waals surface area (Å²) in [5, 5.41) is 30.4. The second-order valence-corrected chi connectivity index (χ2v) is 14.1. The molecular formula is C36H57ClCoF3N13NiO3S+4. The number of aryl methyl sites for hydroxylation is 2. The predicted octanol–water partition coefficient (Wildman–Crippen LogP) is 12.2. The minimum Gasteiger partial charge on any atom is -0.492 e. The summed E-state index contributed by atoms with van der Waals surface area (Å²) < 4.78 is 63.1. The first-order valence-corrected chi connectivity index (χ1v) is 20.6. The van der Waals surface area contributed by atoms with E-state index in [-0.39, 0.29) is 62.9 Å². The van der Waals surface area contributed by atoms with E-state index in [4.69, 9.17) is 22.1 Å². The molecule has 59 heavy (non-hydrogen) atoms. The molecule has 4 aromatic rings. The van der Waals surface area contributed by atoms with Crippen LogP contribution in [0.3, 0.4) is 0 Å². The predicted molar refractivity (Wildman–Crippen MR) is 221 cm³/mol. The molecule has 0 aliphatic rings. The molecule has 2 aromatic carbocycles. The van der Waals surface area contributed by atoms with Crippen LogP contribution in [0, 0.1) is 13.8 Å². The van der Waals surface area contributed by atoms with E-state index in [0.29, 0.717) is 29.0 Å². The largest absolute Gasteiger partial charge is 2.00 e. The van der Waals surface area contributed by atoms with Crippen LogP contribution < -0.4 is 15.4 Å². The quantitative estimate of drug-likeness (QED) is 0.0447. The molecule has 333 valence electrons. The minimum atomic E-state index is -4.96. The first kappa shape index (κ1) is 57.4. The van der Waals surface area contributed by atoms with Gasteiger partial charge in [-0.05, 0) is 56.0 Å². The van der Waals surface area contributed by atoms with Gasteiger partial charge in [-0.2, -0.15) is 23.2 Å². The van der Waals surface area contributed by atoms with E-state index in [2.05, 4.69) is 68.4 Å². The fourth-order valence-electron chi connectivity index (χ4n) is 4.62. The Kier molecular flexibility index (Phi) is 30.4. The molecule has 0 amide bonds. The van der Waals surface area contributed by atoms with Crippen LogP contribution in [0.1, 0.15) is 97.9 Å². The third-order valence-corrected chi connectivity index (χ3v) is 8.92. The fourth-order valence-corrected chi connectivity index (χ4v) is 5.53. The Morgan fingerprint density at radius 3 is 2.03 bits per heavy atom. The molecule has 1 atom stereocenters. The van der Waals surface area contributed by atoms with E-state index in [9.17, 15) is 17.5 Å². The molecule has 2 aromatic heterocycles. The van der Waals surface area contributed by atoms with Crippen molar-refractivity contribution in [3.05, 3.63) is 47.0 Å². The first-order chi connectivity index (χ1) is 27.2. The SMILES string of the molecule is CC.CCCCCCCCC.CCOc1cc(N=Nc2nnc(C)n2CC)c(N=S(=O)(OF)C(F)F)cc1N.Cc1cc(N(C)C)c(Cl)cc1N=Nc1ncn[nH]1.[Co+2].[Ni+2]. The summed E-state index contributed by atoms with van der Waals surface area (Å²) in [7, 11) is -1.08. The molecule has 2 heterocycles. The van der Waals surface area contributed by atoms with Gasteiger partial charge in [-0.1, -0.05) is 88.6 Å². The number of halogens is 4. The third kappa shape index (κ3) is 19.5. The number of nitrogens with zero attached hydrogens (tertiary/aromatic N) is 11. The summed E-state index contributed by atoms with van der Waals surface area (Å²) in [6.07, 6.45) is 11.4. The van der Waals surface area contributed by atoms with Crippen LogP contribution in [0.5, 0.6) is 5.75 Å². The maximum atomic E-state index is 12.9. The summed E-state index contributed by atoms with van der Waals surface area (Å²) in [6.45, 7) is 16.5. The summed E-state index contributed by atoms with van der Waals surface area (Å²) in [5.41, 5.74) is 7.83. The van der Waals surface area contributed by atoms with Crippen LogP contribution in [0.2, 0.25) is 5.02 Å². The number of aromatic amines is 1. The number of unbranched alkanes of at least 4 members (excludes halogenated alkanes) is 6. The summed E-state index contributed by atoms with van der Waals surface area (Å²) in [5.74, 6) is -2.46. The molecular weight excluding hydrogens is 905 g/mol. The van der Waals surface area contributed by atoms with Gasteiger partial charge in [0.1, 0.15) is 29.3 Å². The summed E-state index contributed by atoms with van der Waals surface area (Å²) >= 11 is 6.18. The third-order valence-electron chi connectivity index (χ3n) is 7.54. The number of nitrogen functional groups attached to an aromatic ring is 1. The average Bonchev–Trinajstić information content (AvgIpc) is 3.85. The van der Waals surface area contributed by atoms with Crippen LogP contribution >= 0.6 is 11.6 Å². The van der Waals surface area contributed by atoms with Crippen LogP contribution in [-0.4, -0.2) is 60.6 Å². The Labute approximate surface area is 371 Å². The van der Waals surface area contributed by atoms with E-state index < -0.39 is 21.5 Å². The molecule has 0 saturated heterocycles. The van der Waals surface area contributed by atoms with Crippen LogP contribution in [-0.2, 0) is 54.2 Å². The van der Waals surface area contributed by atoms with Gasteiger partial charge >= 0.3 is 39.0 Å². The molecule has 0 bridgehead atoms. The normalized spacial score (nSPS) is 11.6.